The lowest BCUT2D eigenvalue weighted by Gasteiger charge is -2.28. The van der Waals surface area contributed by atoms with Crippen molar-refractivity contribution in [2.75, 3.05) is 43.9 Å². The summed E-state index contributed by atoms with van der Waals surface area (Å²) in [5.74, 6) is 0. The summed E-state index contributed by atoms with van der Waals surface area (Å²) in [7, 11) is 4.07. The second-order valence-electron chi connectivity index (χ2n) is 7.09. The van der Waals surface area contributed by atoms with Crippen LogP contribution in [-0.4, -0.2) is 44.7 Å². The average Bonchev–Trinajstić information content (AvgIpc) is 3.17. The van der Waals surface area contributed by atoms with E-state index in [9.17, 15) is 4.79 Å². The van der Waals surface area contributed by atoms with Crippen molar-refractivity contribution in [2.45, 2.75) is 18.9 Å². The van der Waals surface area contributed by atoms with Gasteiger partial charge in [-0.3, -0.25) is 4.90 Å². The smallest absolute Gasteiger partial charge is 0.319 e. The summed E-state index contributed by atoms with van der Waals surface area (Å²) in [6.07, 6.45) is 2.42. The average molecular weight is 387 g/mol. The highest BCUT2D eigenvalue weighted by Crippen LogP contribution is 2.26. The van der Waals surface area contributed by atoms with Gasteiger partial charge in [0, 0.05) is 37.0 Å². The Labute approximate surface area is 166 Å². The predicted octanol–water partition coefficient (Wildman–Crippen LogP) is 4.36. The number of anilines is 2. The summed E-state index contributed by atoms with van der Waals surface area (Å²) in [5.41, 5.74) is 3.09. The molecule has 5 nitrogen and oxygen atoms in total. The largest absolute Gasteiger partial charge is 0.378 e. The predicted molar refractivity (Wildman–Crippen MR) is 113 cm³/mol. The van der Waals surface area contributed by atoms with Crippen LogP contribution in [-0.2, 0) is 0 Å². The Morgan fingerprint density at radius 2 is 1.85 bits per heavy atom. The topological polar surface area (TPSA) is 47.6 Å². The number of urea groups is 1. The molecular formula is C21H27ClN4O. The second-order valence-corrected chi connectivity index (χ2v) is 7.53. The Morgan fingerprint density at radius 1 is 1.15 bits per heavy atom. The van der Waals surface area contributed by atoms with E-state index in [0.717, 1.165) is 13.1 Å². The number of halogens is 1. The molecule has 0 bridgehead atoms. The van der Waals surface area contributed by atoms with Crippen LogP contribution < -0.4 is 15.5 Å². The van der Waals surface area contributed by atoms with E-state index in [1.54, 1.807) is 12.1 Å². The van der Waals surface area contributed by atoms with Crippen LogP contribution in [0.15, 0.2) is 48.5 Å². The van der Waals surface area contributed by atoms with E-state index in [1.165, 1.54) is 24.1 Å². The number of carbonyl (C=O) groups excluding carboxylic acids is 1. The van der Waals surface area contributed by atoms with Crippen molar-refractivity contribution in [2.24, 2.45) is 0 Å². The van der Waals surface area contributed by atoms with E-state index >= 15 is 0 Å². The number of nitrogens with zero attached hydrogens (tertiary/aromatic N) is 2. The molecule has 0 saturated carbocycles. The molecular weight excluding hydrogens is 360 g/mol. The van der Waals surface area contributed by atoms with Crippen LogP contribution in [0.3, 0.4) is 0 Å². The molecule has 1 aliphatic rings. The molecule has 2 aromatic rings. The summed E-state index contributed by atoms with van der Waals surface area (Å²) in [4.78, 5) is 16.9. The molecule has 2 aromatic carbocycles. The lowest BCUT2D eigenvalue weighted by atomic mass is 10.0. The van der Waals surface area contributed by atoms with E-state index in [2.05, 4.69) is 44.7 Å². The normalized spacial score (nSPS) is 15.4. The van der Waals surface area contributed by atoms with Crippen molar-refractivity contribution in [3.8, 4) is 0 Å². The molecule has 0 radical (unpaired) electrons. The molecule has 2 amide bonds. The second kappa shape index (κ2) is 9.11. The highest BCUT2D eigenvalue weighted by Gasteiger charge is 2.24. The van der Waals surface area contributed by atoms with Crippen molar-refractivity contribution >= 4 is 29.0 Å². The van der Waals surface area contributed by atoms with Crippen LogP contribution >= 0.6 is 11.6 Å². The van der Waals surface area contributed by atoms with Crippen LogP contribution in [0.4, 0.5) is 16.2 Å². The van der Waals surface area contributed by atoms with Crippen LogP contribution in [0.5, 0.6) is 0 Å². The highest BCUT2D eigenvalue weighted by atomic mass is 35.5. The zero-order valence-corrected chi connectivity index (χ0v) is 16.7. The van der Waals surface area contributed by atoms with Crippen molar-refractivity contribution in [3.63, 3.8) is 0 Å². The van der Waals surface area contributed by atoms with Crippen molar-refractivity contribution < 1.29 is 4.79 Å². The Balaban J connectivity index is 1.65. The van der Waals surface area contributed by atoms with E-state index in [4.69, 9.17) is 11.6 Å². The minimum Gasteiger partial charge on any atom is -0.378 e. The summed E-state index contributed by atoms with van der Waals surface area (Å²) < 4.78 is 0. The molecule has 2 N–H and O–H groups in total. The lowest BCUT2D eigenvalue weighted by Crippen LogP contribution is -2.38. The monoisotopic (exact) mass is 386 g/mol. The Bertz CT molecular complexity index is 757. The molecule has 0 aromatic heterocycles. The minimum absolute atomic E-state index is 0.175. The maximum atomic E-state index is 12.3. The molecule has 0 spiro atoms. The molecule has 3 rings (SSSR count). The van der Waals surface area contributed by atoms with Crippen LogP contribution in [0.1, 0.15) is 24.4 Å². The number of nitrogens with one attached hydrogen (secondary N) is 2. The molecule has 1 fully saturated rings. The van der Waals surface area contributed by atoms with Gasteiger partial charge in [0.15, 0.2) is 0 Å². The molecule has 27 heavy (non-hydrogen) atoms. The molecule has 1 aliphatic heterocycles. The van der Waals surface area contributed by atoms with Gasteiger partial charge in [0.2, 0.25) is 0 Å². The number of likely N-dealkylation sites (tertiary alicyclic amines) is 1. The number of carbonyl (C=O) groups is 1. The summed E-state index contributed by atoms with van der Waals surface area (Å²) in [6, 6.07) is 15.7. The number of benzene rings is 2. The first-order chi connectivity index (χ1) is 13.0. The standard InChI is InChI=1S/C21H27ClN4O/c1-25(2)19-10-8-16(9-11-19)20(26-12-3-4-13-26)15-23-21(27)24-18-7-5-6-17(22)14-18/h5-11,14,20H,3-4,12-13,15H2,1-2H3,(H2,23,24,27)/t20-/m1/s1. The lowest BCUT2D eigenvalue weighted by molar-refractivity contribution is 0.227. The van der Waals surface area contributed by atoms with Crippen LogP contribution in [0, 0.1) is 0 Å². The van der Waals surface area contributed by atoms with Gasteiger partial charge < -0.3 is 15.5 Å². The van der Waals surface area contributed by atoms with Gasteiger partial charge in [0.25, 0.3) is 0 Å². The van der Waals surface area contributed by atoms with Gasteiger partial charge in [-0.05, 0) is 61.8 Å². The highest BCUT2D eigenvalue weighted by molar-refractivity contribution is 6.30. The maximum absolute atomic E-state index is 12.3. The third-order valence-corrected chi connectivity index (χ3v) is 5.15. The van der Waals surface area contributed by atoms with Gasteiger partial charge in [-0.1, -0.05) is 29.8 Å². The first-order valence-corrected chi connectivity index (χ1v) is 9.72. The Morgan fingerprint density at radius 3 is 2.48 bits per heavy atom. The van der Waals surface area contributed by atoms with Crippen molar-refractivity contribution in [1.82, 2.24) is 10.2 Å². The third kappa shape index (κ3) is 5.37. The Hall–Kier alpha value is -2.24. The van der Waals surface area contributed by atoms with Gasteiger partial charge in [0.05, 0.1) is 6.04 Å². The molecule has 1 heterocycles. The third-order valence-electron chi connectivity index (χ3n) is 4.91. The first-order valence-electron chi connectivity index (χ1n) is 9.35. The summed E-state index contributed by atoms with van der Waals surface area (Å²) >= 11 is 5.98. The van der Waals surface area contributed by atoms with Gasteiger partial charge in [-0.2, -0.15) is 0 Å². The number of hydrogen-bond acceptors (Lipinski definition) is 3. The zero-order chi connectivity index (χ0) is 19.2. The van der Waals surface area contributed by atoms with Gasteiger partial charge in [-0.25, -0.2) is 4.79 Å². The molecule has 144 valence electrons. The minimum atomic E-state index is -0.216. The Kier molecular flexibility index (Phi) is 6.58. The zero-order valence-electron chi connectivity index (χ0n) is 15.9. The van der Waals surface area contributed by atoms with Gasteiger partial charge in [0.1, 0.15) is 0 Å². The fourth-order valence-corrected chi connectivity index (χ4v) is 3.63. The molecule has 1 atom stereocenters. The van der Waals surface area contributed by atoms with Gasteiger partial charge >= 0.3 is 6.03 Å². The number of amides is 2. The SMILES string of the molecule is CN(C)c1ccc([C@@H](CNC(=O)Nc2cccc(Cl)c2)N2CCCC2)cc1. The molecule has 1 saturated heterocycles. The van der Waals surface area contributed by atoms with E-state index in [0.29, 0.717) is 17.3 Å². The van der Waals surface area contributed by atoms with Crippen LogP contribution in [0.25, 0.3) is 0 Å². The van der Waals surface area contributed by atoms with Crippen molar-refractivity contribution in [1.29, 1.82) is 0 Å². The number of rotatable bonds is 6. The number of hydrogen-bond donors (Lipinski definition) is 2. The first kappa shape index (κ1) is 19.5. The van der Waals surface area contributed by atoms with E-state index < -0.39 is 0 Å². The summed E-state index contributed by atoms with van der Waals surface area (Å²) in [6.45, 7) is 2.70. The maximum Gasteiger partial charge on any atom is 0.319 e. The fourth-order valence-electron chi connectivity index (χ4n) is 3.44. The van der Waals surface area contributed by atoms with Crippen LogP contribution in [0.2, 0.25) is 5.02 Å². The van der Waals surface area contributed by atoms with Gasteiger partial charge in [-0.15, -0.1) is 0 Å². The van der Waals surface area contributed by atoms with E-state index in [1.807, 2.05) is 26.2 Å². The molecule has 0 unspecified atom stereocenters. The fraction of sp³-hybridized carbons (Fsp3) is 0.381. The quantitative estimate of drug-likeness (QED) is 0.775. The molecule has 0 aliphatic carbocycles. The molecule has 6 heteroatoms. The van der Waals surface area contributed by atoms with Crippen molar-refractivity contribution in [3.05, 3.63) is 59.1 Å². The summed E-state index contributed by atoms with van der Waals surface area (Å²) in [5, 5.41) is 6.46. The van der Waals surface area contributed by atoms with E-state index in [-0.39, 0.29) is 12.1 Å².